The Kier molecular flexibility index (Phi) is 3.49. The number of carbonyl (C=O) groups is 1. The van der Waals surface area contributed by atoms with E-state index in [-0.39, 0.29) is 6.42 Å². The molecule has 2 N–H and O–H groups in total. The number of benzene rings is 1. The fourth-order valence-corrected chi connectivity index (χ4v) is 4.24. The van der Waals surface area contributed by atoms with Gasteiger partial charge in [-0.2, -0.15) is 15.8 Å². The zero-order chi connectivity index (χ0) is 18.5. The van der Waals surface area contributed by atoms with Crippen LogP contribution in [0.5, 0.6) is 5.75 Å². The molecule has 0 aromatic heterocycles. The Morgan fingerprint density at radius 2 is 1.80 bits per heavy atom. The van der Waals surface area contributed by atoms with Gasteiger partial charge in [-0.05, 0) is 17.7 Å². The molecule has 1 aliphatic heterocycles. The van der Waals surface area contributed by atoms with Crippen LogP contribution < -0.4 is 10.1 Å². The third-order valence-corrected chi connectivity index (χ3v) is 5.76. The molecule has 4 atom stereocenters. The van der Waals surface area contributed by atoms with Crippen molar-refractivity contribution in [1.29, 1.82) is 15.8 Å². The predicted molar refractivity (Wildman–Crippen MR) is 84.3 cm³/mol. The second-order valence-electron chi connectivity index (χ2n) is 6.58. The molecule has 7 nitrogen and oxygen atoms in total. The summed E-state index contributed by atoms with van der Waals surface area (Å²) in [5.41, 5.74) is -4.92. The van der Waals surface area contributed by atoms with Gasteiger partial charge in [0.05, 0.1) is 25.3 Å². The molecule has 1 heterocycles. The second-order valence-corrected chi connectivity index (χ2v) is 6.58. The van der Waals surface area contributed by atoms with E-state index in [9.17, 15) is 25.7 Å². The van der Waals surface area contributed by atoms with Crippen LogP contribution in [0.25, 0.3) is 0 Å². The van der Waals surface area contributed by atoms with Crippen molar-refractivity contribution in [1.82, 2.24) is 5.32 Å². The second kappa shape index (κ2) is 5.21. The quantitative estimate of drug-likeness (QED) is 0.834. The fraction of sp³-hybridized carbons (Fsp3) is 0.444. The van der Waals surface area contributed by atoms with Crippen molar-refractivity contribution >= 4 is 5.91 Å². The summed E-state index contributed by atoms with van der Waals surface area (Å²) in [6, 6.07) is 12.5. The van der Waals surface area contributed by atoms with Crippen LogP contribution in [0.15, 0.2) is 24.3 Å². The summed E-state index contributed by atoms with van der Waals surface area (Å²) in [5.74, 6) is -1.89. The van der Waals surface area contributed by atoms with Crippen molar-refractivity contribution in [2.75, 3.05) is 7.11 Å². The van der Waals surface area contributed by atoms with Crippen molar-refractivity contribution in [2.45, 2.75) is 25.0 Å². The van der Waals surface area contributed by atoms with Crippen molar-refractivity contribution in [3.8, 4) is 24.0 Å². The van der Waals surface area contributed by atoms with E-state index in [1.54, 1.807) is 24.3 Å². The highest BCUT2D eigenvalue weighted by molar-refractivity contribution is 5.92. The molecule has 2 bridgehead atoms. The Morgan fingerprint density at radius 3 is 2.28 bits per heavy atom. The first-order chi connectivity index (χ1) is 11.8. The number of hydrogen-bond acceptors (Lipinski definition) is 6. The zero-order valence-corrected chi connectivity index (χ0v) is 13.8. The van der Waals surface area contributed by atoms with E-state index in [0.29, 0.717) is 11.3 Å². The first-order valence-corrected chi connectivity index (χ1v) is 7.78. The van der Waals surface area contributed by atoms with Gasteiger partial charge in [-0.15, -0.1) is 0 Å². The van der Waals surface area contributed by atoms with Gasteiger partial charge in [0, 0.05) is 18.3 Å². The van der Waals surface area contributed by atoms with E-state index < -0.39 is 34.3 Å². The minimum absolute atomic E-state index is 0.0310. The zero-order valence-electron chi connectivity index (χ0n) is 13.8. The standard InChI is InChI=1S/C18H16N4O3/c1-11-17(10-21)15(23)22-18(11,24)7-14(16(17,8-19)9-20)12-3-5-13(25-2)6-4-12/h3-6,11,14,24H,7H2,1-2H3,(H,22,23)/t11-,14+,17+,18-/m1/s1. The third-order valence-electron chi connectivity index (χ3n) is 5.76. The van der Waals surface area contributed by atoms with E-state index >= 15 is 0 Å². The lowest BCUT2D eigenvalue weighted by molar-refractivity contribution is -0.130. The highest BCUT2D eigenvalue weighted by atomic mass is 16.5. The Labute approximate surface area is 145 Å². The van der Waals surface area contributed by atoms with Crippen LogP contribution in [0, 0.1) is 50.7 Å². The van der Waals surface area contributed by atoms with Gasteiger partial charge in [-0.25, -0.2) is 0 Å². The maximum Gasteiger partial charge on any atom is 0.245 e. The van der Waals surface area contributed by atoms with Crippen LogP contribution in [0.4, 0.5) is 0 Å². The molecule has 1 aromatic rings. The highest BCUT2D eigenvalue weighted by Crippen LogP contribution is 2.64. The first-order valence-electron chi connectivity index (χ1n) is 7.78. The molecule has 1 aliphatic carbocycles. The van der Waals surface area contributed by atoms with Gasteiger partial charge < -0.3 is 15.2 Å². The van der Waals surface area contributed by atoms with Crippen molar-refractivity contribution in [2.24, 2.45) is 16.7 Å². The molecule has 7 heteroatoms. The minimum Gasteiger partial charge on any atom is -0.497 e. The number of amides is 1. The van der Waals surface area contributed by atoms with Crippen LogP contribution >= 0.6 is 0 Å². The van der Waals surface area contributed by atoms with E-state index in [1.165, 1.54) is 14.0 Å². The summed E-state index contributed by atoms with van der Waals surface area (Å²) in [4.78, 5) is 12.6. The van der Waals surface area contributed by atoms with Crippen LogP contribution in [0.2, 0.25) is 0 Å². The highest BCUT2D eigenvalue weighted by Gasteiger charge is 2.77. The van der Waals surface area contributed by atoms with Crippen molar-refractivity contribution < 1.29 is 14.6 Å². The van der Waals surface area contributed by atoms with Crippen molar-refractivity contribution in [3.05, 3.63) is 29.8 Å². The summed E-state index contributed by atoms with van der Waals surface area (Å²) in [6.07, 6.45) is -0.0310. The van der Waals surface area contributed by atoms with E-state index in [1.807, 2.05) is 18.2 Å². The normalized spacial score (nSPS) is 35.0. The minimum atomic E-state index is -1.95. The molecule has 2 fully saturated rings. The van der Waals surface area contributed by atoms with E-state index in [2.05, 4.69) is 5.32 Å². The van der Waals surface area contributed by atoms with Crippen LogP contribution in [-0.2, 0) is 4.79 Å². The molecular formula is C18H16N4O3. The van der Waals surface area contributed by atoms with E-state index in [0.717, 1.165) is 0 Å². The number of fused-ring (bicyclic) bond motifs is 2. The number of aliphatic hydroxyl groups is 1. The summed E-state index contributed by atoms with van der Waals surface area (Å²) in [5, 5.41) is 43.0. The number of methoxy groups -OCH3 is 1. The Bertz CT molecular complexity index is 846. The maximum absolute atomic E-state index is 12.6. The number of ether oxygens (including phenoxy) is 1. The number of nitriles is 3. The molecule has 25 heavy (non-hydrogen) atoms. The summed E-state index contributed by atoms with van der Waals surface area (Å²) in [6.45, 7) is 1.52. The van der Waals surface area contributed by atoms with E-state index in [4.69, 9.17) is 4.74 Å². The number of hydrogen-bond donors (Lipinski definition) is 2. The van der Waals surface area contributed by atoms with Crippen molar-refractivity contribution in [3.63, 3.8) is 0 Å². The SMILES string of the molecule is COc1ccc([C@@H]2C[C@]3(O)NC(=O)[C@](C#N)([C@H]3C)C2(C#N)C#N)cc1. The smallest absolute Gasteiger partial charge is 0.245 e. The number of carbonyl (C=O) groups excluding carboxylic acids is 1. The summed E-state index contributed by atoms with van der Waals surface area (Å²) < 4.78 is 5.11. The molecular weight excluding hydrogens is 320 g/mol. The Balaban J connectivity index is 2.26. The monoisotopic (exact) mass is 336 g/mol. The van der Waals surface area contributed by atoms with Gasteiger partial charge in [-0.1, -0.05) is 19.1 Å². The molecule has 1 amide bonds. The fourth-order valence-electron chi connectivity index (χ4n) is 4.24. The molecule has 2 aliphatic rings. The Hall–Kier alpha value is -3.08. The van der Waals surface area contributed by atoms with Crippen LogP contribution in [0.3, 0.4) is 0 Å². The maximum atomic E-state index is 12.6. The molecule has 1 saturated carbocycles. The molecule has 0 radical (unpaired) electrons. The lowest BCUT2D eigenvalue weighted by Gasteiger charge is -2.48. The van der Waals surface area contributed by atoms with Gasteiger partial charge in [0.1, 0.15) is 11.5 Å². The average molecular weight is 336 g/mol. The number of rotatable bonds is 2. The third kappa shape index (κ3) is 1.78. The van der Waals surface area contributed by atoms with Gasteiger partial charge in [0.2, 0.25) is 5.91 Å². The molecule has 1 saturated heterocycles. The molecule has 1 aromatic carbocycles. The van der Waals surface area contributed by atoms with Gasteiger partial charge in [0.25, 0.3) is 0 Å². The topological polar surface area (TPSA) is 130 Å². The number of nitrogens with one attached hydrogen (secondary N) is 1. The summed E-state index contributed by atoms with van der Waals surface area (Å²) >= 11 is 0. The molecule has 0 unspecified atom stereocenters. The van der Waals surface area contributed by atoms with Crippen LogP contribution in [0.1, 0.15) is 24.8 Å². The van der Waals surface area contributed by atoms with Gasteiger partial charge in [0.15, 0.2) is 10.8 Å². The Morgan fingerprint density at radius 1 is 1.20 bits per heavy atom. The lowest BCUT2D eigenvalue weighted by atomic mass is 9.48. The molecule has 126 valence electrons. The predicted octanol–water partition coefficient (Wildman–Crippen LogP) is 1.18. The molecule has 0 spiro atoms. The van der Waals surface area contributed by atoms with Gasteiger partial charge >= 0.3 is 0 Å². The average Bonchev–Trinajstić information content (AvgIpc) is 2.77. The van der Waals surface area contributed by atoms with Gasteiger partial charge in [-0.3, -0.25) is 4.79 Å². The summed E-state index contributed by atoms with van der Waals surface area (Å²) in [7, 11) is 1.52. The largest absolute Gasteiger partial charge is 0.497 e. The first kappa shape index (κ1) is 16.8. The lowest BCUT2D eigenvalue weighted by Crippen LogP contribution is -2.57. The van der Waals surface area contributed by atoms with Crippen LogP contribution in [-0.4, -0.2) is 23.8 Å². The molecule has 3 rings (SSSR count). The number of nitrogens with zero attached hydrogens (tertiary/aromatic N) is 3.